The van der Waals surface area contributed by atoms with Gasteiger partial charge < -0.3 is 19.3 Å². The number of hydrogen-bond acceptors (Lipinski definition) is 4. The fraction of sp³-hybridized carbons (Fsp3) is 0.625. The van der Waals surface area contributed by atoms with E-state index in [0.29, 0.717) is 24.9 Å². The highest BCUT2D eigenvalue weighted by Gasteiger charge is 2.21. The van der Waals surface area contributed by atoms with Gasteiger partial charge in [-0.05, 0) is 50.3 Å². The van der Waals surface area contributed by atoms with Gasteiger partial charge in [0.15, 0.2) is 11.5 Å². The second-order valence-electron chi connectivity index (χ2n) is 5.05. The first-order valence-corrected chi connectivity index (χ1v) is 7.40. The summed E-state index contributed by atoms with van der Waals surface area (Å²) < 4.78 is 16.5. The molecule has 0 aliphatic carbocycles. The SMILES string of the molecule is CCOc1ccc(C(O)CC2CCOC2)cc1OCC. The van der Waals surface area contributed by atoms with Crippen molar-refractivity contribution in [2.45, 2.75) is 32.8 Å². The van der Waals surface area contributed by atoms with Crippen LogP contribution in [0.15, 0.2) is 18.2 Å². The lowest BCUT2D eigenvalue weighted by Gasteiger charge is -2.17. The van der Waals surface area contributed by atoms with E-state index in [-0.39, 0.29) is 0 Å². The second-order valence-corrected chi connectivity index (χ2v) is 5.05. The van der Waals surface area contributed by atoms with Crippen molar-refractivity contribution in [3.05, 3.63) is 23.8 Å². The van der Waals surface area contributed by atoms with Crippen LogP contribution in [-0.4, -0.2) is 31.5 Å². The average molecular weight is 280 g/mol. The Bertz CT molecular complexity index is 413. The van der Waals surface area contributed by atoms with Crippen molar-refractivity contribution >= 4 is 0 Å². The number of rotatable bonds is 7. The molecule has 1 aromatic carbocycles. The number of hydrogen-bond donors (Lipinski definition) is 1. The lowest BCUT2D eigenvalue weighted by Crippen LogP contribution is -2.08. The summed E-state index contributed by atoms with van der Waals surface area (Å²) in [5.74, 6) is 1.88. The van der Waals surface area contributed by atoms with E-state index in [9.17, 15) is 5.11 Å². The summed E-state index contributed by atoms with van der Waals surface area (Å²) in [7, 11) is 0. The molecule has 112 valence electrons. The standard InChI is InChI=1S/C16H24O4/c1-3-19-15-6-5-13(10-16(15)20-4-2)14(17)9-12-7-8-18-11-12/h5-6,10,12,14,17H,3-4,7-9,11H2,1-2H3. The fourth-order valence-corrected chi connectivity index (χ4v) is 2.50. The Morgan fingerprint density at radius 3 is 2.65 bits per heavy atom. The van der Waals surface area contributed by atoms with Gasteiger partial charge in [0.05, 0.1) is 19.3 Å². The summed E-state index contributed by atoms with van der Waals surface area (Å²) in [5, 5.41) is 10.3. The number of benzene rings is 1. The molecule has 4 heteroatoms. The van der Waals surface area contributed by atoms with E-state index in [2.05, 4.69) is 0 Å². The van der Waals surface area contributed by atoms with Crippen LogP contribution >= 0.6 is 0 Å². The van der Waals surface area contributed by atoms with Gasteiger partial charge in [0.2, 0.25) is 0 Å². The highest BCUT2D eigenvalue weighted by atomic mass is 16.5. The van der Waals surface area contributed by atoms with Crippen molar-refractivity contribution in [1.29, 1.82) is 0 Å². The van der Waals surface area contributed by atoms with Gasteiger partial charge in [0.25, 0.3) is 0 Å². The van der Waals surface area contributed by atoms with E-state index >= 15 is 0 Å². The molecule has 2 atom stereocenters. The Labute approximate surface area is 120 Å². The molecule has 0 bridgehead atoms. The molecule has 0 aromatic heterocycles. The summed E-state index contributed by atoms with van der Waals surface area (Å²) in [5.41, 5.74) is 0.879. The molecule has 4 nitrogen and oxygen atoms in total. The van der Waals surface area contributed by atoms with E-state index in [1.807, 2.05) is 32.0 Å². The first kappa shape index (κ1) is 15.1. The maximum Gasteiger partial charge on any atom is 0.161 e. The van der Waals surface area contributed by atoms with Crippen LogP contribution in [-0.2, 0) is 4.74 Å². The van der Waals surface area contributed by atoms with Gasteiger partial charge in [-0.3, -0.25) is 0 Å². The van der Waals surface area contributed by atoms with Crippen LogP contribution in [0, 0.1) is 5.92 Å². The topological polar surface area (TPSA) is 47.9 Å². The van der Waals surface area contributed by atoms with Crippen molar-refractivity contribution in [3.63, 3.8) is 0 Å². The summed E-state index contributed by atoms with van der Waals surface area (Å²) in [6.45, 7) is 6.63. The minimum absolute atomic E-state index is 0.451. The summed E-state index contributed by atoms with van der Waals surface area (Å²) in [6.07, 6.45) is 1.29. The predicted octanol–water partition coefficient (Wildman–Crippen LogP) is 2.94. The van der Waals surface area contributed by atoms with Crippen LogP contribution in [0.2, 0.25) is 0 Å². The minimum atomic E-state index is -0.475. The zero-order valence-corrected chi connectivity index (χ0v) is 12.3. The van der Waals surface area contributed by atoms with Gasteiger partial charge in [-0.1, -0.05) is 6.07 Å². The highest BCUT2D eigenvalue weighted by molar-refractivity contribution is 5.43. The summed E-state index contributed by atoms with van der Waals surface area (Å²) >= 11 is 0. The molecule has 1 aliphatic rings. The maximum atomic E-state index is 10.3. The van der Waals surface area contributed by atoms with Crippen LogP contribution < -0.4 is 9.47 Å². The molecule has 1 heterocycles. The van der Waals surface area contributed by atoms with Crippen LogP contribution in [0.4, 0.5) is 0 Å². The molecule has 0 saturated carbocycles. The molecule has 0 radical (unpaired) electrons. The molecule has 20 heavy (non-hydrogen) atoms. The van der Waals surface area contributed by atoms with Crippen molar-refractivity contribution in [3.8, 4) is 11.5 Å². The molecular weight excluding hydrogens is 256 g/mol. The van der Waals surface area contributed by atoms with Gasteiger partial charge in [0.1, 0.15) is 0 Å². The summed E-state index contributed by atoms with van der Waals surface area (Å²) in [4.78, 5) is 0. The van der Waals surface area contributed by atoms with Crippen molar-refractivity contribution in [2.75, 3.05) is 26.4 Å². The highest BCUT2D eigenvalue weighted by Crippen LogP contribution is 2.33. The zero-order chi connectivity index (χ0) is 14.4. The first-order chi connectivity index (χ1) is 9.74. The number of ether oxygens (including phenoxy) is 3. The first-order valence-electron chi connectivity index (χ1n) is 7.40. The van der Waals surface area contributed by atoms with Crippen LogP contribution in [0.1, 0.15) is 38.4 Å². The largest absolute Gasteiger partial charge is 0.490 e. The molecule has 1 fully saturated rings. The number of aliphatic hydroxyl groups excluding tert-OH is 1. The third-order valence-electron chi connectivity index (χ3n) is 3.53. The molecule has 0 amide bonds. The predicted molar refractivity (Wildman–Crippen MR) is 77.3 cm³/mol. The normalized spacial score (nSPS) is 19.9. The molecule has 1 saturated heterocycles. The zero-order valence-electron chi connectivity index (χ0n) is 12.3. The second kappa shape index (κ2) is 7.50. The molecule has 1 aromatic rings. The molecule has 2 rings (SSSR count). The van der Waals surface area contributed by atoms with Gasteiger partial charge >= 0.3 is 0 Å². The minimum Gasteiger partial charge on any atom is -0.490 e. The average Bonchev–Trinajstić information content (AvgIpc) is 2.94. The van der Waals surface area contributed by atoms with Gasteiger partial charge in [0, 0.05) is 13.2 Å². The fourth-order valence-electron chi connectivity index (χ4n) is 2.50. The Morgan fingerprint density at radius 1 is 1.25 bits per heavy atom. The Kier molecular flexibility index (Phi) is 5.68. The van der Waals surface area contributed by atoms with Crippen LogP contribution in [0.3, 0.4) is 0 Å². The lowest BCUT2D eigenvalue weighted by atomic mass is 9.96. The number of aliphatic hydroxyl groups is 1. The van der Waals surface area contributed by atoms with Crippen molar-refractivity contribution < 1.29 is 19.3 Å². The Hall–Kier alpha value is -1.26. The lowest BCUT2D eigenvalue weighted by molar-refractivity contribution is 0.129. The molecule has 1 N–H and O–H groups in total. The van der Waals surface area contributed by atoms with Crippen LogP contribution in [0.5, 0.6) is 11.5 Å². The third kappa shape index (κ3) is 3.87. The maximum absolute atomic E-state index is 10.3. The van der Waals surface area contributed by atoms with E-state index in [1.54, 1.807) is 0 Å². The van der Waals surface area contributed by atoms with Gasteiger partial charge in [-0.25, -0.2) is 0 Å². The monoisotopic (exact) mass is 280 g/mol. The van der Waals surface area contributed by atoms with E-state index in [1.165, 1.54) is 0 Å². The smallest absolute Gasteiger partial charge is 0.161 e. The quantitative estimate of drug-likeness (QED) is 0.834. The molecular formula is C16H24O4. The van der Waals surface area contributed by atoms with Crippen LogP contribution in [0.25, 0.3) is 0 Å². The van der Waals surface area contributed by atoms with E-state index < -0.39 is 6.10 Å². The van der Waals surface area contributed by atoms with Gasteiger partial charge in [-0.2, -0.15) is 0 Å². The molecule has 2 unspecified atom stereocenters. The molecule has 1 aliphatic heterocycles. The van der Waals surface area contributed by atoms with Gasteiger partial charge in [-0.15, -0.1) is 0 Å². The third-order valence-corrected chi connectivity index (χ3v) is 3.53. The van der Waals surface area contributed by atoms with Crippen molar-refractivity contribution in [2.24, 2.45) is 5.92 Å². The van der Waals surface area contributed by atoms with Crippen molar-refractivity contribution in [1.82, 2.24) is 0 Å². The molecule has 0 spiro atoms. The van der Waals surface area contributed by atoms with E-state index in [0.717, 1.165) is 37.4 Å². The summed E-state index contributed by atoms with van der Waals surface area (Å²) in [6, 6.07) is 5.67. The van der Waals surface area contributed by atoms with E-state index in [4.69, 9.17) is 14.2 Å². The Balaban J connectivity index is 2.07. The Morgan fingerprint density at radius 2 is 2.00 bits per heavy atom.